The Morgan fingerprint density at radius 3 is 2.83 bits per heavy atom. The molecule has 0 bridgehead atoms. The molecule has 0 aliphatic carbocycles. The zero-order chi connectivity index (χ0) is 12.7. The maximum atomic E-state index is 13.2. The summed E-state index contributed by atoms with van der Waals surface area (Å²) in [6, 6.07) is 4.32. The van der Waals surface area contributed by atoms with Gasteiger partial charge in [-0.05, 0) is 24.6 Å². The Balaban J connectivity index is 2.14. The molecule has 18 heavy (non-hydrogen) atoms. The average molecular weight is 262 g/mol. The van der Waals surface area contributed by atoms with Crippen molar-refractivity contribution in [3.8, 4) is 0 Å². The zero-order valence-corrected chi connectivity index (χ0v) is 10.5. The number of halogens is 1. The SMILES string of the molecule is CCc1scc2c1C(=O)Nc1cc(F)ccc1N2. The van der Waals surface area contributed by atoms with Gasteiger partial charge in [-0.25, -0.2) is 4.39 Å². The van der Waals surface area contributed by atoms with Crippen molar-refractivity contribution >= 4 is 34.3 Å². The van der Waals surface area contributed by atoms with Gasteiger partial charge in [0.25, 0.3) is 5.91 Å². The van der Waals surface area contributed by atoms with Gasteiger partial charge < -0.3 is 10.6 Å². The Kier molecular flexibility index (Phi) is 2.56. The predicted molar refractivity (Wildman–Crippen MR) is 71.3 cm³/mol. The van der Waals surface area contributed by atoms with E-state index < -0.39 is 0 Å². The predicted octanol–water partition coefficient (Wildman–Crippen LogP) is 3.76. The van der Waals surface area contributed by atoms with Gasteiger partial charge >= 0.3 is 0 Å². The minimum Gasteiger partial charge on any atom is -0.352 e. The number of anilines is 3. The zero-order valence-electron chi connectivity index (χ0n) is 9.71. The Labute approximate surface area is 108 Å². The highest BCUT2D eigenvalue weighted by atomic mass is 32.1. The van der Waals surface area contributed by atoms with Crippen LogP contribution in [0.3, 0.4) is 0 Å². The minimum absolute atomic E-state index is 0.181. The van der Waals surface area contributed by atoms with Crippen LogP contribution in [0.1, 0.15) is 22.2 Å². The smallest absolute Gasteiger partial charge is 0.258 e. The highest BCUT2D eigenvalue weighted by Crippen LogP contribution is 2.36. The molecule has 0 unspecified atom stereocenters. The van der Waals surface area contributed by atoms with Crippen LogP contribution in [0.25, 0.3) is 0 Å². The van der Waals surface area contributed by atoms with Gasteiger partial charge in [0.1, 0.15) is 5.82 Å². The number of hydrogen-bond donors (Lipinski definition) is 2. The van der Waals surface area contributed by atoms with Crippen molar-refractivity contribution in [1.29, 1.82) is 0 Å². The van der Waals surface area contributed by atoms with Gasteiger partial charge in [-0.1, -0.05) is 6.92 Å². The molecule has 0 fully saturated rings. The lowest BCUT2D eigenvalue weighted by molar-refractivity contribution is 0.102. The third-order valence-corrected chi connectivity index (χ3v) is 4.05. The monoisotopic (exact) mass is 262 g/mol. The summed E-state index contributed by atoms with van der Waals surface area (Å²) >= 11 is 1.56. The van der Waals surface area contributed by atoms with Crippen molar-refractivity contribution in [2.45, 2.75) is 13.3 Å². The van der Waals surface area contributed by atoms with Crippen LogP contribution in [0.15, 0.2) is 23.6 Å². The van der Waals surface area contributed by atoms with Crippen LogP contribution >= 0.6 is 11.3 Å². The molecule has 3 rings (SSSR count). The molecule has 5 heteroatoms. The first kappa shape index (κ1) is 11.2. The van der Waals surface area contributed by atoms with Crippen molar-refractivity contribution in [1.82, 2.24) is 0 Å². The molecule has 1 amide bonds. The first-order valence-electron chi connectivity index (χ1n) is 5.67. The van der Waals surface area contributed by atoms with Crippen LogP contribution in [0.5, 0.6) is 0 Å². The van der Waals surface area contributed by atoms with Crippen molar-refractivity contribution < 1.29 is 9.18 Å². The molecule has 2 N–H and O–H groups in total. The number of carbonyl (C=O) groups is 1. The van der Waals surface area contributed by atoms with E-state index in [9.17, 15) is 9.18 Å². The van der Waals surface area contributed by atoms with Gasteiger partial charge in [0.05, 0.1) is 22.6 Å². The molecule has 0 atom stereocenters. The summed E-state index contributed by atoms with van der Waals surface area (Å²) in [7, 11) is 0. The van der Waals surface area contributed by atoms with Crippen LogP contribution in [0.4, 0.5) is 21.5 Å². The number of carbonyl (C=O) groups excluding carboxylic acids is 1. The number of amides is 1. The molecule has 1 aliphatic rings. The quantitative estimate of drug-likeness (QED) is 0.821. The molecule has 1 aromatic carbocycles. The Hall–Kier alpha value is -1.88. The Morgan fingerprint density at radius 2 is 2.06 bits per heavy atom. The molecule has 0 radical (unpaired) electrons. The molecule has 1 aliphatic heterocycles. The van der Waals surface area contributed by atoms with Gasteiger partial charge in [0, 0.05) is 10.3 Å². The van der Waals surface area contributed by atoms with E-state index >= 15 is 0 Å². The molecule has 2 aromatic rings. The number of benzene rings is 1. The van der Waals surface area contributed by atoms with Crippen molar-refractivity contribution in [2.24, 2.45) is 0 Å². The second-order valence-corrected chi connectivity index (χ2v) is 5.03. The fourth-order valence-electron chi connectivity index (χ4n) is 2.06. The summed E-state index contributed by atoms with van der Waals surface area (Å²) in [6.07, 6.45) is 0.805. The van der Waals surface area contributed by atoms with Crippen molar-refractivity contribution in [3.05, 3.63) is 39.8 Å². The number of fused-ring (bicyclic) bond motifs is 2. The van der Waals surface area contributed by atoms with E-state index in [4.69, 9.17) is 0 Å². The maximum absolute atomic E-state index is 13.2. The normalized spacial score (nSPS) is 13.1. The second kappa shape index (κ2) is 4.10. The minimum atomic E-state index is -0.365. The van der Waals surface area contributed by atoms with Gasteiger partial charge in [0.2, 0.25) is 0 Å². The molecule has 3 nitrogen and oxygen atoms in total. The van der Waals surface area contributed by atoms with Crippen LogP contribution in [0, 0.1) is 5.82 Å². The largest absolute Gasteiger partial charge is 0.352 e. The number of thiophene rings is 1. The van der Waals surface area contributed by atoms with Crippen molar-refractivity contribution in [2.75, 3.05) is 10.6 Å². The third kappa shape index (κ3) is 1.67. The van der Waals surface area contributed by atoms with Crippen LogP contribution < -0.4 is 10.6 Å². The molecule has 0 saturated carbocycles. The topological polar surface area (TPSA) is 41.1 Å². The fraction of sp³-hybridized carbons (Fsp3) is 0.154. The van der Waals surface area contributed by atoms with E-state index in [0.717, 1.165) is 17.0 Å². The number of aryl methyl sites for hydroxylation is 1. The lowest BCUT2D eigenvalue weighted by Gasteiger charge is -2.07. The molecule has 2 heterocycles. The summed E-state index contributed by atoms with van der Waals surface area (Å²) in [6.45, 7) is 2.01. The van der Waals surface area contributed by atoms with E-state index in [2.05, 4.69) is 10.6 Å². The highest BCUT2D eigenvalue weighted by Gasteiger charge is 2.23. The molecular weight excluding hydrogens is 251 g/mol. The molecular formula is C13H11FN2OS. The Bertz CT molecular complexity index is 636. The fourth-order valence-corrected chi connectivity index (χ4v) is 2.98. The van der Waals surface area contributed by atoms with E-state index in [1.54, 1.807) is 17.4 Å². The van der Waals surface area contributed by atoms with Gasteiger partial charge in [0.15, 0.2) is 0 Å². The number of hydrogen-bond acceptors (Lipinski definition) is 3. The lowest BCUT2D eigenvalue weighted by Crippen LogP contribution is -2.11. The van der Waals surface area contributed by atoms with E-state index in [-0.39, 0.29) is 11.7 Å². The summed E-state index contributed by atoms with van der Waals surface area (Å²) in [5, 5.41) is 7.84. The van der Waals surface area contributed by atoms with Gasteiger partial charge in [-0.2, -0.15) is 0 Å². The van der Waals surface area contributed by atoms with E-state index in [1.807, 2.05) is 12.3 Å². The first-order valence-corrected chi connectivity index (χ1v) is 6.55. The molecule has 92 valence electrons. The first-order chi connectivity index (χ1) is 8.69. The van der Waals surface area contributed by atoms with Crippen LogP contribution in [-0.2, 0) is 6.42 Å². The summed E-state index contributed by atoms with van der Waals surface area (Å²) in [5.74, 6) is -0.545. The summed E-state index contributed by atoms with van der Waals surface area (Å²) in [5.41, 5.74) is 2.64. The third-order valence-electron chi connectivity index (χ3n) is 2.91. The standard InChI is InChI=1S/C13H11FN2OS/c1-2-11-12-10(6-18-11)15-8-4-3-7(14)5-9(8)16-13(12)17/h3-6,15H,2H2,1H3,(H,16,17). The number of nitrogens with one attached hydrogen (secondary N) is 2. The second-order valence-electron chi connectivity index (χ2n) is 4.07. The number of rotatable bonds is 1. The molecule has 0 saturated heterocycles. The Morgan fingerprint density at radius 1 is 1.22 bits per heavy atom. The van der Waals surface area contributed by atoms with Gasteiger partial charge in [-0.3, -0.25) is 4.79 Å². The molecule has 0 spiro atoms. The van der Waals surface area contributed by atoms with E-state index in [1.165, 1.54) is 12.1 Å². The molecule has 1 aromatic heterocycles. The van der Waals surface area contributed by atoms with Crippen molar-refractivity contribution in [3.63, 3.8) is 0 Å². The van der Waals surface area contributed by atoms with Gasteiger partial charge in [-0.15, -0.1) is 11.3 Å². The average Bonchev–Trinajstić information content (AvgIpc) is 2.69. The van der Waals surface area contributed by atoms with Crippen LogP contribution in [-0.4, -0.2) is 5.91 Å². The maximum Gasteiger partial charge on any atom is 0.258 e. The highest BCUT2D eigenvalue weighted by molar-refractivity contribution is 7.11. The summed E-state index contributed by atoms with van der Waals surface area (Å²) in [4.78, 5) is 13.2. The lowest BCUT2D eigenvalue weighted by atomic mass is 10.2. The van der Waals surface area contributed by atoms with E-state index in [0.29, 0.717) is 16.9 Å². The van der Waals surface area contributed by atoms with Crippen LogP contribution in [0.2, 0.25) is 0 Å². The summed E-state index contributed by atoms with van der Waals surface area (Å²) < 4.78 is 13.2.